The number of ketones is 1. The lowest BCUT2D eigenvalue weighted by Gasteiger charge is -2.06. The van der Waals surface area contributed by atoms with Gasteiger partial charge in [-0.25, -0.2) is 4.98 Å². The molecule has 0 radical (unpaired) electrons. The summed E-state index contributed by atoms with van der Waals surface area (Å²) >= 11 is 3.37. The Balaban J connectivity index is 2.15. The molecule has 5 heteroatoms. The Bertz CT molecular complexity index is 795. The van der Waals surface area contributed by atoms with E-state index < -0.39 is 0 Å². The van der Waals surface area contributed by atoms with Crippen LogP contribution in [-0.4, -0.2) is 22.9 Å². The SMILES string of the molecule is COc1ccccc1C(=O)c1c[nH]c2ncc(Br)cc12. The van der Waals surface area contributed by atoms with E-state index in [1.165, 1.54) is 0 Å². The number of nitrogens with one attached hydrogen (secondary N) is 1. The maximum atomic E-state index is 12.7. The predicted octanol–water partition coefficient (Wildman–Crippen LogP) is 3.57. The third kappa shape index (κ3) is 2.10. The Kier molecular flexibility index (Phi) is 3.28. The van der Waals surface area contributed by atoms with Crippen molar-refractivity contribution in [3.63, 3.8) is 0 Å². The summed E-state index contributed by atoms with van der Waals surface area (Å²) in [5.41, 5.74) is 1.81. The monoisotopic (exact) mass is 330 g/mol. The van der Waals surface area contributed by atoms with Gasteiger partial charge in [-0.1, -0.05) is 12.1 Å². The van der Waals surface area contributed by atoms with E-state index >= 15 is 0 Å². The van der Waals surface area contributed by atoms with Crippen LogP contribution in [0.15, 0.2) is 47.2 Å². The molecule has 0 aliphatic carbocycles. The van der Waals surface area contributed by atoms with Gasteiger partial charge in [0.15, 0.2) is 5.78 Å². The van der Waals surface area contributed by atoms with Crippen LogP contribution in [0.25, 0.3) is 11.0 Å². The average Bonchev–Trinajstić information content (AvgIpc) is 2.89. The number of fused-ring (bicyclic) bond motifs is 1. The number of H-pyrrole nitrogens is 1. The molecule has 0 amide bonds. The quantitative estimate of drug-likeness (QED) is 0.747. The summed E-state index contributed by atoms with van der Waals surface area (Å²) < 4.78 is 6.08. The van der Waals surface area contributed by atoms with Gasteiger partial charge in [0.1, 0.15) is 11.4 Å². The van der Waals surface area contributed by atoms with E-state index in [0.29, 0.717) is 22.5 Å². The zero-order valence-electron chi connectivity index (χ0n) is 10.7. The minimum atomic E-state index is -0.0893. The molecule has 3 aromatic rings. The van der Waals surface area contributed by atoms with Gasteiger partial charge in [0.05, 0.1) is 12.7 Å². The number of methoxy groups -OCH3 is 1. The van der Waals surface area contributed by atoms with E-state index in [-0.39, 0.29) is 5.78 Å². The number of nitrogens with zero attached hydrogens (tertiary/aromatic N) is 1. The third-order valence-corrected chi connectivity index (χ3v) is 3.53. The van der Waals surface area contributed by atoms with Crippen LogP contribution in [0.1, 0.15) is 15.9 Å². The highest BCUT2D eigenvalue weighted by atomic mass is 79.9. The maximum Gasteiger partial charge on any atom is 0.198 e. The van der Waals surface area contributed by atoms with Crippen molar-refractivity contribution in [1.29, 1.82) is 0 Å². The predicted molar refractivity (Wildman–Crippen MR) is 80.2 cm³/mol. The number of ether oxygens (including phenoxy) is 1. The van der Waals surface area contributed by atoms with Crippen LogP contribution in [0.3, 0.4) is 0 Å². The molecular formula is C15H11BrN2O2. The molecule has 0 aliphatic rings. The van der Waals surface area contributed by atoms with Crippen LogP contribution in [0, 0.1) is 0 Å². The number of halogens is 1. The van der Waals surface area contributed by atoms with E-state index in [0.717, 1.165) is 9.86 Å². The van der Waals surface area contributed by atoms with Gasteiger partial charge < -0.3 is 9.72 Å². The summed E-state index contributed by atoms with van der Waals surface area (Å²) in [4.78, 5) is 19.9. The van der Waals surface area contributed by atoms with Gasteiger partial charge >= 0.3 is 0 Å². The van der Waals surface area contributed by atoms with Crippen LogP contribution in [0.4, 0.5) is 0 Å². The number of rotatable bonds is 3. The molecule has 0 saturated heterocycles. The van der Waals surface area contributed by atoms with E-state index in [4.69, 9.17) is 4.74 Å². The van der Waals surface area contributed by atoms with Gasteiger partial charge in [0.25, 0.3) is 0 Å². The third-order valence-electron chi connectivity index (χ3n) is 3.09. The minimum absolute atomic E-state index is 0.0893. The van der Waals surface area contributed by atoms with Crippen LogP contribution >= 0.6 is 15.9 Å². The Labute approximate surface area is 123 Å². The molecule has 20 heavy (non-hydrogen) atoms. The van der Waals surface area contributed by atoms with Gasteiger partial charge in [-0.3, -0.25) is 4.79 Å². The first kappa shape index (κ1) is 12.9. The van der Waals surface area contributed by atoms with E-state index in [1.807, 2.05) is 18.2 Å². The lowest BCUT2D eigenvalue weighted by molar-refractivity contribution is 0.103. The second-order valence-corrected chi connectivity index (χ2v) is 5.20. The zero-order chi connectivity index (χ0) is 14.1. The maximum absolute atomic E-state index is 12.7. The van der Waals surface area contributed by atoms with E-state index in [1.54, 1.807) is 31.6 Å². The van der Waals surface area contributed by atoms with Crippen LogP contribution < -0.4 is 4.74 Å². The van der Waals surface area contributed by atoms with Crippen molar-refractivity contribution in [2.45, 2.75) is 0 Å². The molecule has 3 rings (SSSR count). The number of aromatic nitrogens is 2. The summed E-state index contributed by atoms with van der Waals surface area (Å²) in [6, 6.07) is 9.06. The molecule has 0 saturated carbocycles. The van der Waals surface area contributed by atoms with E-state index in [2.05, 4.69) is 25.9 Å². The van der Waals surface area contributed by atoms with Crippen LogP contribution in [0.2, 0.25) is 0 Å². The molecule has 2 heterocycles. The van der Waals surface area contributed by atoms with E-state index in [9.17, 15) is 4.79 Å². The van der Waals surface area contributed by atoms with Crippen LogP contribution in [0.5, 0.6) is 5.75 Å². The molecular weight excluding hydrogens is 320 g/mol. The highest BCUT2D eigenvalue weighted by Crippen LogP contribution is 2.26. The Hall–Kier alpha value is -2.14. The molecule has 1 N–H and O–H groups in total. The lowest BCUT2D eigenvalue weighted by Crippen LogP contribution is -2.03. The summed E-state index contributed by atoms with van der Waals surface area (Å²) in [7, 11) is 1.56. The lowest BCUT2D eigenvalue weighted by atomic mass is 10.0. The van der Waals surface area contributed by atoms with Crippen molar-refractivity contribution in [2.24, 2.45) is 0 Å². The fraction of sp³-hybridized carbons (Fsp3) is 0.0667. The summed E-state index contributed by atoms with van der Waals surface area (Å²) in [6.45, 7) is 0. The number of carbonyl (C=O) groups excluding carboxylic acids is 1. The number of hydrogen-bond donors (Lipinski definition) is 1. The largest absolute Gasteiger partial charge is 0.496 e. The van der Waals surface area contributed by atoms with Crippen molar-refractivity contribution in [2.75, 3.05) is 7.11 Å². The molecule has 100 valence electrons. The van der Waals surface area contributed by atoms with Crippen LogP contribution in [-0.2, 0) is 0 Å². The summed E-state index contributed by atoms with van der Waals surface area (Å²) in [6.07, 6.45) is 3.37. The van der Waals surface area contributed by atoms with Crippen molar-refractivity contribution in [3.05, 3.63) is 58.3 Å². The molecule has 0 spiro atoms. The van der Waals surface area contributed by atoms with Crippen molar-refractivity contribution in [3.8, 4) is 5.75 Å². The number of aromatic amines is 1. The number of hydrogen-bond acceptors (Lipinski definition) is 3. The molecule has 0 fully saturated rings. The fourth-order valence-electron chi connectivity index (χ4n) is 2.14. The first-order valence-corrected chi connectivity index (χ1v) is 6.80. The first-order chi connectivity index (χ1) is 9.70. The van der Waals surface area contributed by atoms with Gasteiger partial charge in [0, 0.05) is 27.8 Å². The van der Waals surface area contributed by atoms with Gasteiger partial charge in [0.2, 0.25) is 0 Å². The molecule has 0 unspecified atom stereocenters. The van der Waals surface area contributed by atoms with Gasteiger partial charge in [-0.2, -0.15) is 0 Å². The molecule has 0 aliphatic heterocycles. The highest BCUT2D eigenvalue weighted by molar-refractivity contribution is 9.10. The molecule has 4 nitrogen and oxygen atoms in total. The Morgan fingerprint density at radius 2 is 2.10 bits per heavy atom. The smallest absolute Gasteiger partial charge is 0.198 e. The van der Waals surface area contributed by atoms with Gasteiger partial charge in [-0.15, -0.1) is 0 Å². The number of carbonyl (C=O) groups is 1. The standard InChI is InChI=1S/C15H11BrN2O2/c1-20-13-5-3-2-4-10(13)14(19)12-8-18-15-11(12)6-9(16)7-17-15/h2-8H,1H3,(H,17,18). The van der Waals surface area contributed by atoms with Crippen molar-refractivity contribution in [1.82, 2.24) is 9.97 Å². The molecule has 1 aromatic carbocycles. The molecule has 2 aromatic heterocycles. The number of pyridine rings is 1. The van der Waals surface area contributed by atoms with Crippen molar-refractivity contribution < 1.29 is 9.53 Å². The molecule has 0 atom stereocenters. The number of para-hydroxylation sites is 1. The minimum Gasteiger partial charge on any atom is -0.496 e. The first-order valence-electron chi connectivity index (χ1n) is 6.01. The van der Waals surface area contributed by atoms with Gasteiger partial charge in [-0.05, 0) is 34.1 Å². The average molecular weight is 331 g/mol. The highest BCUT2D eigenvalue weighted by Gasteiger charge is 2.18. The normalized spacial score (nSPS) is 10.7. The Morgan fingerprint density at radius 1 is 1.30 bits per heavy atom. The number of benzene rings is 1. The Morgan fingerprint density at radius 3 is 2.90 bits per heavy atom. The zero-order valence-corrected chi connectivity index (χ0v) is 12.3. The summed E-state index contributed by atoms with van der Waals surface area (Å²) in [5.74, 6) is 0.475. The van der Waals surface area contributed by atoms with Crippen molar-refractivity contribution >= 4 is 32.7 Å². The topological polar surface area (TPSA) is 55.0 Å². The second kappa shape index (κ2) is 5.09. The summed E-state index contributed by atoms with van der Waals surface area (Å²) in [5, 5.41) is 0.787. The second-order valence-electron chi connectivity index (χ2n) is 4.28. The molecule has 0 bridgehead atoms. The fourth-order valence-corrected chi connectivity index (χ4v) is 2.47.